The molecule has 0 spiro atoms. The van der Waals surface area contributed by atoms with Crippen LogP contribution in [0.2, 0.25) is 10.0 Å². The maximum absolute atomic E-state index is 14.6. The summed E-state index contributed by atoms with van der Waals surface area (Å²) in [6.07, 6.45) is 4.81. The predicted molar refractivity (Wildman–Crippen MR) is 143 cm³/mol. The fraction of sp³-hybridized carbons (Fsp3) is 0.346. The number of benzene rings is 2. The van der Waals surface area contributed by atoms with Gasteiger partial charge in [0.05, 0.1) is 13.2 Å². The van der Waals surface area contributed by atoms with E-state index in [4.69, 9.17) is 27.9 Å². The molecule has 196 valence electrons. The van der Waals surface area contributed by atoms with Crippen LogP contribution in [0.5, 0.6) is 5.75 Å². The van der Waals surface area contributed by atoms with Gasteiger partial charge in [-0.05, 0) is 74.3 Å². The summed E-state index contributed by atoms with van der Waals surface area (Å²) in [7, 11) is 0. The van der Waals surface area contributed by atoms with Gasteiger partial charge in [-0.15, -0.1) is 0 Å². The lowest BCUT2D eigenvalue weighted by atomic mass is 10.1. The van der Waals surface area contributed by atoms with Crippen LogP contribution < -0.4 is 15.0 Å². The van der Waals surface area contributed by atoms with Crippen molar-refractivity contribution in [3.63, 3.8) is 0 Å². The molecule has 0 atom stereocenters. The second-order valence-corrected chi connectivity index (χ2v) is 9.63. The molecule has 1 aliphatic rings. The molecular formula is C26H28Cl2FN5O3. The van der Waals surface area contributed by atoms with Crippen LogP contribution in [0.3, 0.4) is 0 Å². The molecule has 37 heavy (non-hydrogen) atoms. The molecule has 1 aromatic heterocycles. The molecule has 0 aliphatic carbocycles. The number of nitrogens with zero attached hydrogens (tertiary/aromatic N) is 4. The molecule has 0 saturated carbocycles. The number of aromatic nitrogens is 2. The summed E-state index contributed by atoms with van der Waals surface area (Å²) in [5.74, 6) is -0.0853. The number of hydrogen-bond donors (Lipinski definition) is 2. The molecule has 3 aromatic rings. The fourth-order valence-corrected chi connectivity index (χ4v) is 4.74. The zero-order valence-electron chi connectivity index (χ0n) is 20.2. The standard InChI is InChI=1S/C26H28Cl2FN5O3/c27-19-13-18(14-20(28)15-19)17-34(26(35)36)24-7-8-30-25(32-24)31-21-5-6-23(22(29)16-21)37-12-4-11-33-9-2-1-3-10-33/h5-8,13-16H,1-4,9-12,17H2,(H,35,36)(H,30,31,32). The molecule has 4 rings (SSSR count). The number of piperidine rings is 1. The van der Waals surface area contributed by atoms with Gasteiger partial charge in [-0.25, -0.2) is 14.2 Å². The van der Waals surface area contributed by atoms with E-state index in [9.17, 15) is 14.3 Å². The minimum Gasteiger partial charge on any atom is -0.490 e. The second-order valence-electron chi connectivity index (χ2n) is 8.76. The summed E-state index contributed by atoms with van der Waals surface area (Å²) < 4.78 is 20.3. The van der Waals surface area contributed by atoms with Crippen molar-refractivity contribution >= 4 is 46.7 Å². The third kappa shape index (κ3) is 7.92. The van der Waals surface area contributed by atoms with Crippen molar-refractivity contribution in [1.29, 1.82) is 0 Å². The van der Waals surface area contributed by atoms with E-state index in [1.165, 1.54) is 37.6 Å². The first kappa shape index (κ1) is 26.9. The topological polar surface area (TPSA) is 90.8 Å². The van der Waals surface area contributed by atoms with Crippen molar-refractivity contribution in [1.82, 2.24) is 14.9 Å². The maximum atomic E-state index is 14.6. The SMILES string of the molecule is O=C(O)N(Cc1cc(Cl)cc(Cl)c1)c1ccnc(Nc2ccc(OCCCN3CCCCC3)c(F)c2)n1. The maximum Gasteiger partial charge on any atom is 0.413 e. The highest BCUT2D eigenvalue weighted by Gasteiger charge is 2.18. The van der Waals surface area contributed by atoms with E-state index in [-0.39, 0.29) is 24.1 Å². The molecule has 1 saturated heterocycles. The van der Waals surface area contributed by atoms with Crippen molar-refractivity contribution in [3.8, 4) is 5.75 Å². The lowest BCUT2D eigenvalue weighted by molar-refractivity contribution is 0.201. The Morgan fingerprint density at radius 3 is 2.57 bits per heavy atom. The lowest BCUT2D eigenvalue weighted by Gasteiger charge is -2.26. The van der Waals surface area contributed by atoms with Crippen molar-refractivity contribution in [2.24, 2.45) is 0 Å². The van der Waals surface area contributed by atoms with E-state index in [1.807, 2.05) is 0 Å². The highest BCUT2D eigenvalue weighted by atomic mass is 35.5. The van der Waals surface area contributed by atoms with Gasteiger partial charge in [-0.2, -0.15) is 4.98 Å². The average molecular weight is 548 g/mol. The largest absolute Gasteiger partial charge is 0.490 e. The summed E-state index contributed by atoms with van der Waals surface area (Å²) in [6, 6.07) is 10.8. The molecule has 0 radical (unpaired) electrons. The van der Waals surface area contributed by atoms with E-state index in [1.54, 1.807) is 30.3 Å². The summed E-state index contributed by atoms with van der Waals surface area (Å²) in [5, 5.41) is 13.5. The van der Waals surface area contributed by atoms with E-state index < -0.39 is 11.9 Å². The van der Waals surface area contributed by atoms with Crippen LogP contribution in [0.15, 0.2) is 48.7 Å². The number of nitrogens with one attached hydrogen (secondary N) is 1. The smallest absolute Gasteiger partial charge is 0.413 e. The number of likely N-dealkylation sites (tertiary alicyclic amines) is 1. The van der Waals surface area contributed by atoms with Crippen molar-refractivity contribution in [3.05, 3.63) is 70.1 Å². The second kappa shape index (κ2) is 12.9. The zero-order valence-corrected chi connectivity index (χ0v) is 21.7. The van der Waals surface area contributed by atoms with E-state index in [2.05, 4.69) is 20.2 Å². The molecule has 11 heteroatoms. The predicted octanol–water partition coefficient (Wildman–Crippen LogP) is 6.61. The Morgan fingerprint density at radius 1 is 1.11 bits per heavy atom. The Hall–Kier alpha value is -3.14. The van der Waals surface area contributed by atoms with Crippen molar-refractivity contribution in [2.75, 3.05) is 36.5 Å². The van der Waals surface area contributed by atoms with E-state index in [0.29, 0.717) is 27.9 Å². The Kier molecular flexibility index (Phi) is 9.38. The van der Waals surface area contributed by atoms with Gasteiger partial charge in [0.1, 0.15) is 5.82 Å². The quantitative estimate of drug-likeness (QED) is 0.276. The van der Waals surface area contributed by atoms with Crippen molar-refractivity contribution < 1.29 is 19.0 Å². The van der Waals surface area contributed by atoms with Gasteiger partial charge in [0.2, 0.25) is 5.95 Å². The Balaban J connectivity index is 1.37. The fourth-order valence-electron chi connectivity index (χ4n) is 4.17. The normalized spacial score (nSPS) is 13.8. The molecule has 1 amide bonds. The molecule has 0 bridgehead atoms. The first-order chi connectivity index (χ1) is 17.9. The molecule has 2 heterocycles. The minimum atomic E-state index is -1.21. The number of hydrogen-bond acceptors (Lipinski definition) is 6. The number of ether oxygens (including phenoxy) is 1. The van der Waals surface area contributed by atoms with Gasteiger partial charge in [0, 0.05) is 34.5 Å². The highest BCUT2D eigenvalue weighted by Crippen LogP contribution is 2.25. The summed E-state index contributed by atoms with van der Waals surface area (Å²) in [4.78, 5) is 23.8. The van der Waals surface area contributed by atoms with Crippen LogP contribution in [0.25, 0.3) is 0 Å². The van der Waals surface area contributed by atoms with Crippen molar-refractivity contribution in [2.45, 2.75) is 32.2 Å². The zero-order chi connectivity index (χ0) is 26.2. The Morgan fingerprint density at radius 2 is 1.86 bits per heavy atom. The number of amides is 1. The number of halogens is 3. The van der Waals surface area contributed by atoms with Crippen LogP contribution in [0.1, 0.15) is 31.2 Å². The lowest BCUT2D eigenvalue weighted by Crippen LogP contribution is -2.31. The van der Waals surface area contributed by atoms with E-state index in [0.717, 1.165) is 31.0 Å². The molecule has 0 unspecified atom stereocenters. The Labute approximate surface area is 225 Å². The summed E-state index contributed by atoms with van der Waals surface area (Å²) in [6.45, 7) is 3.61. The molecule has 1 fully saturated rings. The molecule has 1 aliphatic heterocycles. The third-order valence-corrected chi connectivity index (χ3v) is 6.36. The monoisotopic (exact) mass is 547 g/mol. The van der Waals surface area contributed by atoms with Gasteiger partial charge in [0.25, 0.3) is 0 Å². The first-order valence-electron chi connectivity index (χ1n) is 12.1. The number of carboxylic acid groups (broad SMARTS) is 1. The third-order valence-electron chi connectivity index (χ3n) is 5.92. The van der Waals surface area contributed by atoms with Crippen LogP contribution in [0.4, 0.5) is 26.6 Å². The van der Waals surface area contributed by atoms with Crippen LogP contribution >= 0.6 is 23.2 Å². The molecular weight excluding hydrogens is 520 g/mol. The van der Waals surface area contributed by atoms with Gasteiger partial charge in [0.15, 0.2) is 11.6 Å². The van der Waals surface area contributed by atoms with Gasteiger partial charge < -0.3 is 20.1 Å². The number of rotatable bonds is 10. The van der Waals surface area contributed by atoms with Gasteiger partial charge in [-0.1, -0.05) is 29.6 Å². The van der Waals surface area contributed by atoms with E-state index >= 15 is 0 Å². The first-order valence-corrected chi connectivity index (χ1v) is 12.8. The van der Waals surface area contributed by atoms with Gasteiger partial charge in [-0.3, -0.25) is 4.90 Å². The summed E-state index contributed by atoms with van der Waals surface area (Å²) >= 11 is 12.1. The van der Waals surface area contributed by atoms with Gasteiger partial charge >= 0.3 is 6.09 Å². The molecule has 2 aromatic carbocycles. The van der Waals surface area contributed by atoms with Crippen LogP contribution in [0, 0.1) is 5.82 Å². The average Bonchev–Trinajstić information content (AvgIpc) is 2.86. The van der Waals surface area contributed by atoms with Crippen LogP contribution in [-0.2, 0) is 6.54 Å². The number of carbonyl (C=O) groups is 1. The number of anilines is 3. The molecule has 8 nitrogen and oxygen atoms in total. The molecule has 2 N–H and O–H groups in total. The minimum absolute atomic E-state index is 0.0233. The summed E-state index contributed by atoms with van der Waals surface area (Å²) in [5.41, 5.74) is 1.00. The van der Waals surface area contributed by atoms with Crippen LogP contribution in [-0.4, -0.2) is 52.3 Å². The highest BCUT2D eigenvalue weighted by molar-refractivity contribution is 6.34. The Bertz CT molecular complexity index is 1210.